The monoisotopic (exact) mass is 236 g/mol. The van der Waals surface area contributed by atoms with E-state index in [4.69, 9.17) is 0 Å². The van der Waals surface area contributed by atoms with E-state index in [0.29, 0.717) is 0 Å². The molecule has 0 aliphatic heterocycles. The van der Waals surface area contributed by atoms with Crippen LogP contribution < -0.4 is 0 Å². The van der Waals surface area contributed by atoms with Crippen molar-refractivity contribution in [1.29, 1.82) is 0 Å². The van der Waals surface area contributed by atoms with Crippen LogP contribution in [0.2, 0.25) is 0 Å². The van der Waals surface area contributed by atoms with E-state index in [0.717, 1.165) is 15.7 Å². The smallest absolute Gasteiger partial charge is 0.197 e. The van der Waals surface area contributed by atoms with E-state index in [9.17, 15) is 5.11 Å². The molecule has 1 atom stereocenters. The number of aliphatic hydroxyl groups excluding tert-OH is 1. The number of aryl methyl sites for hydroxylation is 1. The van der Waals surface area contributed by atoms with Crippen LogP contribution in [0.1, 0.15) is 18.6 Å². The quantitative estimate of drug-likeness (QED) is 0.873. The number of nitrogens with zero attached hydrogens (tertiary/aromatic N) is 4. The lowest BCUT2D eigenvalue weighted by atomic mass is 10.2. The number of hydrogen-bond acceptors (Lipinski definition) is 5. The van der Waals surface area contributed by atoms with Crippen molar-refractivity contribution in [2.45, 2.75) is 23.2 Å². The Morgan fingerprint density at radius 1 is 1.44 bits per heavy atom. The third kappa shape index (κ3) is 2.40. The van der Waals surface area contributed by atoms with E-state index < -0.39 is 6.10 Å². The number of pyridine rings is 1. The first-order valence-electron chi connectivity index (χ1n) is 4.82. The molecule has 0 unspecified atom stereocenters. The van der Waals surface area contributed by atoms with Crippen molar-refractivity contribution in [3.05, 3.63) is 30.2 Å². The molecule has 0 aliphatic carbocycles. The molecule has 0 aliphatic rings. The Bertz CT molecular complexity index is 466. The molecule has 16 heavy (non-hydrogen) atoms. The zero-order chi connectivity index (χ0) is 11.5. The molecule has 0 saturated carbocycles. The summed E-state index contributed by atoms with van der Waals surface area (Å²) in [6, 6.07) is 3.72. The lowest BCUT2D eigenvalue weighted by molar-refractivity contribution is 0.198. The Labute approximate surface area is 97.5 Å². The van der Waals surface area contributed by atoms with Crippen LogP contribution in [-0.2, 0) is 7.05 Å². The van der Waals surface area contributed by atoms with Gasteiger partial charge in [-0.1, -0.05) is 6.07 Å². The van der Waals surface area contributed by atoms with Crippen LogP contribution in [0.25, 0.3) is 0 Å². The highest BCUT2D eigenvalue weighted by Crippen LogP contribution is 2.23. The predicted molar refractivity (Wildman–Crippen MR) is 60.0 cm³/mol. The Morgan fingerprint density at radius 3 is 2.75 bits per heavy atom. The zero-order valence-corrected chi connectivity index (χ0v) is 9.85. The van der Waals surface area contributed by atoms with Gasteiger partial charge in [0, 0.05) is 13.2 Å². The van der Waals surface area contributed by atoms with Crippen LogP contribution in [-0.4, -0.2) is 24.9 Å². The van der Waals surface area contributed by atoms with Gasteiger partial charge in [-0.3, -0.25) is 0 Å². The summed E-state index contributed by atoms with van der Waals surface area (Å²) in [6.45, 7) is 1.71. The average molecular weight is 236 g/mol. The molecule has 5 nitrogen and oxygen atoms in total. The van der Waals surface area contributed by atoms with Crippen molar-refractivity contribution in [2.75, 3.05) is 0 Å². The summed E-state index contributed by atoms with van der Waals surface area (Å²) in [5.41, 5.74) is 0.808. The lowest BCUT2D eigenvalue weighted by Gasteiger charge is -2.04. The van der Waals surface area contributed by atoms with Gasteiger partial charge in [0.05, 0.1) is 6.10 Å². The second-order valence-corrected chi connectivity index (χ2v) is 4.42. The van der Waals surface area contributed by atoms with Crippen molar-refractivity contribution in [3.8, 4) is 0 Å². The average Bonchev–Trinajstić information content (AvgIpc) is 2.65. The van der Waals surface area contributed by atoms with Gasteiger partial charge in [0.2, 0.25) is 0 Å². The molecule has 0 fully saturated rings. The highest BCUT2D eigenvalue weighted by Gasteiger charge is 2.06. The fourth-order valence-corrected chi connectivity index (χ4v) is 1.87. The van der Waals surface area contributed by atoms with E-state index in [1.165, 1.54) is 11.8 Å². The number of aliphatic hydroxyl groups is 1. The third-order valence-corrected chi connectivity index (χ3v) is 3.11. The van der Waals surface area contributed by atoms with Gasteiger partial charge >= 0.3 is 0 Å². The van der Waals surface area contributed by atoms with Gasteiger partial charge in [0.1, 0.15) is 11.4 Å². The molecule has 2 aromatic heterocycles. The second kappa shape index (κ2) is 4.63. The van der Waals surface area contributed by atoms with Gasteiger partial charge in [-0.2, -0.15) is 0 Å². The Balaban J connectivity index is 2.14. The molecule has 0 spiro atoms. The minimum Gasteiger partial charge on any atom is -0.389 e. The molecule has 0 aromatic carbocycles. The van der Waals surface area contributed by atoms with Gasteiger partial charge in [0.15, 0.2) is 5.16 Å². The molecule has 0 amide bonds. The van der Waals surface area contributed by atoms with Gasteiger partial charge in [-0.25, -0.2) is 4.98 Å². The first kappa shape index (κ1) is 11.1. The van der Waals surface area contributed by atoms with Gasteiger partial charge in [-0.15, -0.1) is 10.2 Å². The van der Waals surface area contributed by atoms with E-state index in [-0.39, 0.29) is 0 Å². The summed E-state index contributed by atoms with van der Waals surface area (Å²) in [5, 5.41) is 18.7. The molecule has 2 heterocycles. The standard InChI is InChI=1S/C10H12N4OS/c1-7(15)8-3-4-9(11-5-8)16-10-13-12-6-14(10)2/h3-7,15H,1-2H3/t7-/m1/s1. The molecule has 0 radical (unpaired) electrons. The van der Waals surface area contributed by atoms with Crippen LogP contribution >= 0.6 is 11.8 Å². The maximum atomic E-state index is 9.34. The van der Waals surface area contributed by atoms with Crippen molar-refractivity contribution in [3.63, 3.8) is 0 Å². The summed E-state index contributed by atoms with van der Waals surface area (Å²) in [4.78, 5) is 4.24. The van der Waals surface area contributed by atoms with Gasteiger partial charge in [-0.05, 0) is 30.3 Å². The van der Waals surface area contributed by atoms with Gasteiger partial charge < -0.3 is 9.67 Å². The highest BCUT2D eigenvalue weighted by molar-refractivity contribution is 7.99. The van der Waals surface area contributed by atoms with E-state index in [1.807, 2.05) is 23.7 Å². The number of hydrogen-bond donors (Lipinski definition) is 1. The van der Waals surface area contributed by atoms with E-state index in [1.54, 1.807) is 19.4 Å². The zero-order valence-electron chi connectivity index (χ0n) is 9.03. The largest absolute Gasteiger partial charge is 0.389 e. The van der Waals surface area contributed by atoms with Crippen LogP contribution in [0, 0.1) is 0 Å². The molecular formula is C10H12N4OS. The minimum absolute atomic E-state index is 0.485. The van der Waals surface area contributed by atoms with Crippen LogP contribution in [0.5, 0.6) is 0 Å². The Kier molecular flexibility index (Phi) is 3.21. The first-order chi connectivity index (χ1) is 7.66. The van der Waals surface area contributed by atoms with Crippen LogP contribution in [0.4, 0.5) is 0 Å². The fourth-order valence-electron chi connectivity index (χ4n) is 1.16. The van der Waals surface area contributed by atoms with Crippen molar-refractivity contribution < 1.29 is 5.11 Å². The molecule has 2 rings (SSSR count). The molecule has 0 saturated heterocycles. The third-order valence-electron chi connectivity index (χ3n) is 2.11. The van der Waals surface area contributed by atoms with Gasteiger partial charge in [0.25, 0.3) is 0 Å². The minimum atomic E-state index is -0.485. The van der Waals surface area contributed by atoms with E-state index >= 15 is 0 Å². The Hall–Kier alpha value is -1.40. The highest BCUT2D eigenvalue weighted by atomic mass is 32.2. The maximum Gasteiger partial charge on any atom is 0.197 e. The summed E-state index contributed by atoms with van der Waals surface area (Å²) in [5.74, 6) is 0. The molecule has 1 N–H and O–H groups in total. The first-order valence-corrected chi connectivity index (χ1v) is 5.64. The maximum absolute atomic E-state index is 9.34. The lowest BCUT2D eigenvalue weighted by Crippen LogP contribution is -1.93. The Morgan fingerprint density at radius 2 is 2.25 bits per heavy atom. The fraction of sp³-hybridized carbons (Fsp3) is 0.300. The summed E-state index contributed by atoms with van der Waals surface area (Å²) < 4.78 is 1.83. The van der Waals surface area contributed by atoms with Crippen LogP contribution in [0.3, 0.4) is 0 Å². The topological polar surface area (TPSA) is 63.8 Å². The molecule has 84 valence electrons. The molecule has 6 heteroatoms. The number of aromatic nitrogens is 4. The molecule has 0 bridgehead atoms. The normalized spacial score (nSPS) is 12.7. The van der Waals surface area contributed by atoms with Crippen molar-refractivity contribution in [1.82, 2.24) is 19.7 Å². The summed E-state index contributed by atoms with van der Waals surface area (Å²) in [6.07, 6.45) is 2.83. The van der Waals surface area contributed by atoms with E-state index in [2.05, 4.69) is 15.2 Å². The van der Waals surface area contributed by atoms with Crippen molar-refractivity contribution in [2.24, 2.45) is 7.05 Å². The number of rotatable bonds is 3. The van der Waals surface area contributed by atoms with Crippen LogP contribution in [0.15, 0.2) is 34.8 Å². The summed E-state index contributed by atoms with van der Waals surface area (Å²) in [7, 11) is 1.88. The molecule has 2 aromatic rings. The van der Waals surface area contributed by atoms with Crippen molar-refractivity contribution >= 4 is 11.8 Å². The second-order valence-electron chi connectivity index (χ2n) is 3.43. The molecular weight excluding hydrogens is 224 g/mol. The SMILES string of the molecule is C[C@@H](O)c1ccc(Sc2nncn2C)nc1. The summed E-state index contributed by atoms with van der Waals surface area (Å²) >= 11 is 1.44. The predicted octanol–water partition coefficient (Wildman–Crippen LogP) is 1.41.